The highest BCUT2D eigenvalue weighted by atomic mass is 19.4. The highest BCUT2D eigenvalue weighted by Crippen LogP contribution is 2.26. The van der Waals surface area contributed by atoms with Crippen LogP contribution in [0.25, 0.3) is 0 Å². The maximum atomic E-state index is 12.0. The highest BCUT2D eigenvalue weighted by Gasteiger charge is 2.28. The summed E-state index contributed by atoms with van der Waals surface area (Å²) in [5.41, 5.74) is 7.19. The smallest absolute Gasteiger partial charge is 0.422 e. The van der Waals surface area contributed by atoms with E-state index in [9.17, 15) is 13.2 Å². The topological polar surface area (TPSA) is 35.2 Å². The molecule has 0 heterocycles. The van der Waals surface area contributed by atoms with Gasteiger partial charge in [-0.2, -0.15) is 13.2 Å². The summed E-state index contributed by atoms with van der Waals surface area (Å²) in [6.07, 6.45) is -4.33. The van der Waals surface area contributed by atoms with Crippen LogP contribution in [0.2, 0.25) is 0 Å². The Morgan fingerprint density at radius 2 is 2.00 bits per heavy atom. The van der Waals surface area contributed by atoms with E-state index in [1.165, 1.54) is 6.07 Å². The maximum Gasteiger partial charge on any atom is 0.422 e. The van der Waals surface area contributed by atoms with Gasteiger partial charge in [-0.05, 0) is 19.9 Å². The molecule has 0 amide bonds. The third kappa shape index (κ3) is 3.73. The van der Waals surface area contributed by atoms with Crippen LogP contribution in [0.3, 0.4) is 0 Å². The Hall–Kier alpha value is -1.23. The molecule has 0 saturated carbocycles. The van der Waals surface area contributed by atoms with Gasteiger partial charge in [0.25, 0.3) is 0 Å². The number of halogens is 3. The van der Waals surface area contributed by atoms with Crippen LogP contribution in [-0.2, 0) is 0 Å². The second-order valence-electron chi connectivity index (χ2n) is 3.73. The summed E-state index contributed by atoms with van der Waals surface area (Å²) < 4.78 is 40.7. The molecule has 90 valence electrons. The zero-order chi connectivity index (χ0) is 12.3. The first-order chi connectivity index (χ1) is 7.29. The van der Waals surface area contributed by atoms with Gasteiger partial charge in [0.2, 0.25) is 0 Å². The summed E-state index contributed by atoms with van der Waals surface area (Å²) >= 11 is 0. The monoisotopic (exact) mass is 233 g/mol. The molecule has 0 bridgehead atoms. The Labute approximate surface area is 92.2 Å². The Morgan fingerprint density at radius 1 is 1.38 bits per heavy atom. The van der Waals surface area contributed by atoms with Crippen LogP contribution in [0.4, 0.5) is 13.2 Å². The SMILES string of the molecule is Cc1ccc(OCC(F)(F)F)c([C@H](C)N)c1. The molecular weight excluding hydrogens is 219 g/mol. The van der Waals surface area contributed by atoms with E-state index in [0.29, 0.717) is 5.56 Å². The Kier molecular flexibility index (Phi) is 3.80. The first-order valence-corrected chi connectivity index (χ1v) is 4.85. The molecule has 1 rings (SSSR count). The van der Waals surface area contributed by atoms with Gasteiger partial charge in [0, 0.05) is 11.6 Å². The molecule has 0 radical (unpaired) electrons. The van der Waals surface area contributed by atoms with Crippen molar-refractivity contribution >= 4 is 0 Å². The average molecular weight is 233 g/mol. The number of hydrogen-bond acceptors (Lipinski definition) is 2. The van der Waals surface area contributed by atoms with Crippen molar-refractivity contribution in [2.24, 2.45) is 5.73 Å². The Morgan fingerprint density at radius 3 is 2.50 bits per heavy atom. The molecule has 0 fully saturated rings. The first-order valence-electron chi connectivity index (χ1n) is 4.85. The largest absolute Gasteiger partial charge is 0.484 e. The molecule has 1 atom stereocenters. The van der Waals surface area contributed by atoms with Gasteiger partial charge in [-0.1, -0.05) is 17.7 Å². The number of nitrogens with two attached hydrogens (primary N) is 1. The van der Waals surface area contributed by atoms with Gasteiger partial charge in [-0.25, -0.2) is 0 Å². The van der Waals surface area contributed by atoms with Gasteiger partial charge in [0.05, 0.1) is 0 Å². The lowest BCUT2D eigenvalue weighted by molar-refractivity contribution is -0.153. The zero-order valence-corrected chi connectivity index (χ0v) is 9.14. The van der Waals surface area contributed by atoms with E-state index < -0.39 is 12.8 Å². The Balaban J connectivity index is 2.87. The molecule has 0 aliphatic carbocycles. The van der Waals surface area contributed by atoms with Gasteiger partial charge in [0.1, 0.15) is 5.75 Å². The minimum atomic E-state index is -4.33. The number of benzene rings is 1. The van der Waals surface area contributed by atoms with E-state index in [0.717, 1.165) is 5.56 Å². The quantitative estimate of drug-likeness (QED) is 0.871. The van der Waals surface area contributed by atoms with Gasteiger partial charge < -0.3 is 10.5 Å². The fourth-order valence-electron chi connectivity index (χ4n) is 1.31. The lowest BCUT2D eigenvalue weighted by Crippen LogP contribution is -2.20. The standard InChI is InChI=1S/C11H14F3NO/c1-7-3-4-10(9(5-7)8(2)15)16-6-11(12,13)14/h3-5,8H,6,15H2,1-2H3/t8-/m0/s1. The predicted octanol–water partition coefficient (Wildman–Crippen LogP) is 2.96. The molecule has 0 unspecified atom stereocenters. The Bertz CT molecular complexity index is 361. The second kappa shape index (κ2) is 4.74. The van der Waals surface area contributed by atoms with Crippen LogP contribution < -0.4 is 10.5 Å². The molecule has 0 aromatic heterocycles. The van der Waals surface area contributed by atoms with E-state index in [1.807, 2.05) is 6.92 Å². The fourth-order valence-corrected chi connectivity index (χ4v) is 1.31. The van der Waals surface area contributed by atoms with Crippen LogP contribution in [0.15, 0.2) is 18.2 Å². The van der Waals surface area contributed by atoms with Crippen molar-refractivity contribution in [1.82, 2.24) is 0 Å². The normalized spacial score (nSPS) is 13.6. The van der Waals surface area contributed by atoms with Crippen molar-refractivity contribution in [3.05, 3.63) is 29.3 Å². The van der Waals surface area contributed by atoms with Crippen LogP contribution in [0.5, 0.6) is 5.75 Å². The molecule has 0 aliphatic heterocycles. The van der Waals surface area contributed by atoms with Crippen LogP contribution >= 0.6 is 0 Å². The first kappa shape index (κ1) is 12.8. The third-order valence-electron chi connectivity index (χ3n) is 2.05. The summed E-state index contributed by atoms with van der Waals surface area (Å²) in [6, 6.07) is 4.58. The van der Waals surface area contributed by atoms with Crippen molar-refractivity contribution in [3.63, 3.8) is 0 Å². The van der Waals surface area contributed by atoms with Crippen molar-refractivity contribution in [3.8, 4) is 5.75 Å². The van der Waals surface area contributed by atoms with E-state index in [4.69, 9.17) is 10.5 Å². The number of alkyl halides is 3. The van der Waals surface area contributed by atoms with Crippen molar-refractivity contribution < 1.29 is 17.9 Å². The molecule has 1 aromatic carbocycles. The number of ether oxygens (including phenoxy) is 1. The van der Waals surface area contributed by atoms with Gasteiger partial charge in [-0.15, -0.1) is 0 Å². The second-order valence-corrected chi connectivity index (χ2v) is 3.73. The van der Waals surface area contributed by atoms with E-state index in [2.05, 4.69) is 0 Å². The summed E-state index contributed by atoms with van der Waals surface area (Å²) in [5, 5.41) is 0. The minimum Gasteiger partial charge on any atom is -0.484 e. The van der Waals surface area contributed by atoms with Crippen molar-refractivity contribution in [2.75, 3.05) is 6.61 Å². The molecular formula is C11H14F3NO. The van der Waals surface area contributed by atoms with Gasteiger partial charge >= 0.3 is 6.18 Å². The maximum absolute atomic E-state index is 12.0. The summed E-state index contributed by atoms with van der Waals surface area (Å²) in [7, 11) is 0. The zero-order valence-electron chi connectivity index (χ0n) is 9.14. The fraction of sp³-hybridized carbons (Fsp3) is 0.455. The molecule has 2 N–H and O–H groups in total. The van der Waals surface area contributed by atoms with Crippen LogP contribution in [0, 0.1) is 6.92 Å². The lowest BCUT2D eigenvalue weighted by atomic mass is 10.1. The molecule has 2 nitrogen and oxygen atoms in total. The molecule has 16 heavy (non-hydrogen) atoms. The highest BCUT2D eigenvalue weighted by molar-refractivity contribution is 5.38. The number of rotatable bonds is 3. The van der Waals surface area contributed by atoms with E-state index in [1.54, 1.807) is 19.1 Å². The van der Waals surface area contributed by atoms with Crippen molar-refractivity contribution in [2.45, 2.75) is 26.1 Å². The number of hydrogen-bond donors (Lipinski definition) is 1. The molecule has 1 aromatic rings. The van der Waals surface area contributed by atoms with Gasteiger partial charge in [-0.3, -0.25) is 0 Å². The van der Waals surface area contributed by atoms with Crippen molar-refractivity contribution in [1.29, 1.82) is 0 Å². The molecule has 5 heteroatoms. The molecule has 0 spiro atoms. The average Bonchev–Trinajstić information content (AvgIpc) is 2.14. The summed E-state index contributed by atoms with van der Waals surface area (Å²) in [4.78, 5) is 0. The summed E-state index contributed by atoms with van der Waals surface area (Å²) in [6.45, 7) is 2.25. The van der Waals surface area contributed by atoms with Crippen LogP contribution in [0.1, 0.15) is 24.1 Å². The molecule has 0 aliphatic rings. The molecule has 0 saturated heterocycles. The van der Waals surface area contributed by atoms with Crippen LogP contribution in [-0.4, -0.2) is 12.8 Å². The van der Waals surface area contributed by atoms with Gasteiger partial charge in [0.15, 0.2) is 6.61 Å². The third-order valence-corrected chi connectivity index (χ3v) is 2.05. The lowest BCUT2D eigenvalue weighted by Gasteiger charge is -2.15. The predicted molar refractivity (Wildman–Crippen MR) is 55.3 cm³/mol. The van der Waals surface area contributed by atoms with E-state index >= 15 is 0 Å². The minimum absolute atomic E-state index is 0.193. The summed E-state index contributed by atoms with van der Waals surface area (Å²) in [5.74, 6) is 0.193. The van der Waals surface area contributed by atoms with E-state index in [-0.39, 0.29) is 11.8 Å². The number of aryl methyl sites for hydroxylation is 1.